The van der Waals surface area contributed by atoms with Gasteiger partial charge in [0, 0.05) is 0 Å². The third kappa shape index (κ3) is 3.14. The molecule has 0 aliphatic heterocycles. The van der Waals surface area contributed by atoms with Crippen LogP contribution in [0.1, 0.15) is 0 Å². The number of ether oxygens (including phenoxy) is 1. The molecule has 0 aromatic heterocycles. The lowest BCUT2D eigenvalue weighted by Crippen LogP contribution is -2.36. The van der Waals surface area contributed by atoms with Crippen LogP contribution >= 0.6 is 0 Å². The Labute approximate surface area is 68.0 Å². The molecular weight excluding hydrogens is 138 g/mol. The third-order valence-electron chi connectivity index (χ3n) is 1.11. The zero-order valence-corrected chi connectivity index (χ0v) is 6.74. The molecule has 0 saturated carbocycles. The van der Waals surface area contributed by atoms with Crippen LogP contribution in [0.25, 0.3) is 0 Å². The van der Waals surface area contributed by atoms with E-state index in [0.717, 1.165) is 0 Å². The van der Waals surface area contributed by atoms with Crippen molar-refractivity contribution >= 4 is 15.7 Å². The average Bonchev–Trinajstić information content (AvgIpc) is 1.85. The van der Waals surface area contributed by atoms with Crippen LogP contribution in [0.3, 0.4) is 0 Å². The lowest BCUT2D eigenvalue weighted by molar-refractivity contribution is 0.0128. The van der Waals surface area contributed by atoms with Crippen LogP contribution < -0.4 is 4.74 Å². The topological polar surface area (TPSA) is 29.5 Å². The number of hydrogen-bond acceptors (Lipinski definition) is 2. The summed E-state index contributed by atoms with van der Waals surface area (Å²) >= 11 is 0. The van der Waals surface area contributed by atoms with Gasteiger partial charge in [-0.05, 0) is 12.1 Å². The third-order valence-corrected chi connectivity index (χ3v) is 1.11. The van der Waals surface area contributed by atoms with Gasteiger partial charge in [0.1, 0.15) is 11.3 Å². The highest BCUT2D eigenvalue weighted by Crippen LogP contribution is 2.11. The van der Waals surface area contributed by atoms with E-state index in [-0.39, 0.29) is 0 Å². The minimum atomic E-state index is -1.10. The molecular formula is C7H10B2O2. The molecule has 0 fully saturated rings. The van der Waals surface area contributed by atoms with Gasteiger partial charge in [0.05, 0.1) is 0 Å². The van der Waals surface area contributed by atoms with E-state index < -0.39 is 5.59 Å². The van der Waals surface area contributed by atoms with Gasteiger partial charge in [-0.25, -0.2) is 0 Å². The van der Waals surface area contributed by atoms with E-state index in [9.17, 15) is 5.11 Å². The zero-order valence-electron chi connectivity index (χ0n) is 6.74. The van der Waals surface area contributed by atoms with Crippen molar-refractivity contribution in [2.45, 2.75) is 5.59 Å². The second kappa shape index (κ2) is 3.01. The smallest absolute Gasteiger partial charge is 0.181 e. The molecule has 0 bridgehead atoms. The van der Waals surface area contributed by atoms with Crippen LogP contribution in [0.4, 0.5) is 0 Å². The van der Waals surface area contributed by atoms with Crippen molar-refractivity contribution < 1.29 is 9.84 Å². The first-order valence-corrected chi connectivity index (χ1v) is 3.54. The molecule has 1 aromatic rings. The van der Waals surface area contributed by atoms with Crippen LogP contribution in [0.15, 0.2) is 30.3 Å². The van der Waals surface area contributed by atoms with Gasteiger partial charge in [-0.3, -0.25) is 0 Å². The molecule has 0 heterocycles. The highest BCUT2D eigenvalue weighted by Gasteiger charge is 2.12. The Morgan fingerprint density at radius 3 is 2.18 bits per heavy atom. The Kier molecular flexibility index (Phi) is 2.25. The maximum Gasteiger partial charge on any atom is 0.181 e. The molecule has 2 nitrogen and oxygen atoms in total. The van der Waals surface area contributed by atoms with Crippen LogP contribution in [-0.4, -0.2) is 26.4 Å². The molecule has 1 N–H and O–H groups in total. The summed E-state index contributed by atoms with van der Waals surface area (Å²) < 4.78 is 5.16. The molecule has 0 atom stereocenters. The number of aliphatic hydroxyl groups is 1. The van der Waals surface area contributed by atoms with Crippen molar-refractivity contribution in [1.29, 1.82) is 0 Å². The Balaban J connectivity index is 2.66. The molecule has 0 aliphatic carbocycles. The second-order valence-electron chi connectivity index (χ2n) is 2.86. The molecule has 56 valence electrons. The summed E-state index contributed by atoms with van der Waals surface area (Å²) in [6.45, 7) is 0. The quantitative estimate of drug-likeness (QED) is 0.427. The Bertz CT molecular complexity index is 218. The molecule has 4 heteroatoms. The molecule has 0 saturated heterocycles. The van der Waals surface area contributed by atoms with Crippen LogP contribution in [0.5, 0.6) is 5.75 Å². The number of benzene rings is 1. The first-order valence-electron chi connectivity index (χ1n) is 3.54. The van der Waals surface area contributed by atoms with Gasteiger partial charge < -0.3 is 9.84 Å². The lowest BCUT2D eigenvalue weighted by Gasteiger charge is -2.20. The molecule has 0 radical (unpaired) electrons. The SMILES string of the molecule is BC(B)(O)Oc1ccccc1. The minimum absolute atomic E-state index is 0.681. The van der Waals surface area contributed by atoms with Gasteiger partial charge in [0.2, 0.25) is 0 Å². The van der Waals surface area contributed by atoms with Gasteiger partial charge >= 0.3 is 0 Å². The standard InChI is InChI=1S/C7H10B2O2/c8-7(9,10)11-6-4-2-1-3-5-6/h1-5,10H,8-9H2. The average molecular weight is 148 g/mol. The minimum Gasteiger partial charge on any atom is -0.480 e. The van der Waals surface area contributed by atoms with Gasteiger partial charge in [-0.15, -0.1) is 0 Å². The number of hydrogen-bond donors (Lipinski definition) is 1. The molecule has 0 unspecified atom stereocenters. The molecule has 1 aromatic carbocycles. The Morgan fingerprint density at radius 1 is 1.18 bits per heavy atom. The maximum absolute atomic E-state index is 9.25. The van der Waals surface area contributed by atoms with E-state index in [4.69, 9.17) is 4.74 Å². The number of rotatable bonds is 2. The predicted octanol–water partition coefficient (Wildman–Crippen LogP) is -1.06. The Morgan fingerprint density at radius 2 is 1.73 bits per heavy atom. The first kappa shape index (κ1) is 8.21. The summed E-state index contributed by atoms with van der Waals surface area (Å²) in [5.41, 5.74) is -1.10. The second-order valence-corrected chi connectivity index (χ2v) is 2.86. The van der Waals surface area contributed by atoms with E-state index in [0.29, 0.717) is 5.75 Å². The van der Waals surface area contributed by atoms with Crippen molar-refractivity contribution in [1.82, 2.24) is 0 Å². The zero-order chi connectivity index (χ0) is 8.32. The summed E-state index contributed by atoms with van der Waals surface area (Å²) in [4.78, 5) is 0. The van der Waals surface area contributed by atoms with Gasteiger partial charge in [0.25, 0.3) is 0 Å². The Hall–Kier alpha value is -0.890. The van der Waals surface area contributed by atoms with E-state index in [1.54, 1.807) is 27.8 Å². The highest BCUT2D eigenvalue weighted by atomic mass is 16.6. The van der Waals surface area contributed by atoms with Gasteiger partial charge in [0.15, 0.2) is 15.7 Å². The predicted molar refractivity (Wildman–Crippen MR) is 49.1 cm³/mol. The molecule has 0 amide bonds. The van der Waals surface area contributed by atoms with Crippen LogP contribution in [0.2, 0.25) is 0 Å². The molecule has 1 rings (SSSR count). The molecule has 0 spiro atoms. The number of para-hydroxylation sites is 1. The van der Waals surface area contributed by atoms with E-state index in [1.807, 2.05) is 18.2 Å². The van der Waals surface area contributed by atoms with Crippen molar-refractivity contribution in [3.8, 4) is 5.75 Å². The summed E-state index contributed by atoms with van der Waals surface area (Å²) in [7, 11) is 3.19. The monoisotopic (exact) mass is 148 g/mol. The van der Waals surface area contributed by atoms with Crippen molar-refractivity contribution in [2.24, 2.45) is 0 Å². The molecule has 0 aliphatic rings. The van der Waals surface area contributed by atoms with Crippen LogP contribution in [0, 0.1) is 0 Å². The van der Waals surface area contributed by atoms with Crippen molar-refractivity contribution in [3.63, 3.8) is 0 Å². The first-order chi connectivity index (χ1) is 5.08. The highest BCUT2D eigenvalue weighted by molar-refractivity contribution is 6.37. The van der Waals surface area contributed by atoms with E-state index in [2.05, 4.69) is 0 Å². The molecule has 11 heavy (non-hydrogen) atoms. The fourth-order valence-electron chi connectivity index (χ4n) is 0.777. The van der Waals surface area contributed by atoms with E-state index >= 15 is 0 Å². The summed E-state index contributed by atoms with van der Waals surface area (Å²) in [5.74, 6) is 0.681. The maximum atomic E-state index is 9.25. The fraction of sp³-hybridized carbons (Fsp3) is 0.143. The lowest BCUT2D eigenvalue weighted by atomic mass is 9.76. The van der Waals surface area contributed by atoms with Gasteiger partial charge in [-0.2, -0.15) is 0 Å². The largest absolute Gasteiger partial charge is 0.480 e. The summed E-state index contributed by atoms with van der Waals surface area (Å²) in [5, 5.41) is 9.25. The van der Waals surface area contributed by atoms with E-state index in [1.165, 1.54) is 0 Å². The summed E-state index contributed by atoms with van der Waals surface area (Å²) in [6, 6.07) is 9.23. The van der Waals surface area contributed by atoms with Gasteiger partial charge in [-0.1, -0.05) is 18.2 Å². The van der Waals surface area contributed by atoms with Crippen LogP contribution in [-0.2, 0) is 0 Å². The fourth-order valence-corrected chi connectivity index (χ4v) is 0.777. The van der Waals surface area contributed by atoms with Crippen molar-refractivity contribution in [3.05, 3.63) is 30.3 Å². The van der Waals surface area contributed by atoms with Crippen molar-refractivity contribution in [2.75, 3.05) is 0 Å². The normalized spacial score (nSPS) is 11.0. The summed E-state index contributed by atoms with van der Waals surface area (Å²) in [6.07, 6.45) is 0.